The molecule has 1 fully saturated rings. The molecule has 0 saturated heterocycles. The first-order chi connectivity index (χ1) is 9.10. The Morgan fingerprint density at radius 1 is 1.47 bits per heavy atom. The van der Waals surface area contributed by atoms with Crippen molar-refractivity contribution in [3.05, 3.63) is 41.0 Å². The fraction of sp³-hybridized carbons (Fsp3) is 0.357. The molecule has 1 aliphatic carbocycles. The Morgan fingerprint density at radius 3 is 2.84 bits per heavy atom. The highest BCUT2D eigenvalue weighted by Gasteiger charge is 2.27. The van der Waals surface area contributed by atoms with Gasteiger partial charge in [-0.05, 0) is 32.8 Å². The molecule has 19 heavy (non-hydrogen) atoms. The van der Waals surface area contributed by atoms with Gasteiger partial charge in [0.15, 0.2) is 0 Å². The average Bonchev–Trinajstić information content (AvgIpc) is 3.10. The Morgan fingerprint density at radius 2 is 2.21 bits per heavy atom. The van der Waals surface area contributed by atoms with Crippen LogP contribution < -0.4 is 5.32 Å². The van der Waals surface area contributed by atoms with E-state index in [0.717, 1.165) is 10.6 Å². The first-order valence-electron chi connectivity index (χ1n) is 6.25. The van der Waals surface area contributed by atoms with Gasteiger partial charge in [-0.3, -0.25) is 10.1 Å². The highest BCUT2D eigenvalue weighted by atomic mass is 32.1. The van der Waals surface area contributed by atoms with Crippen LogP contribution in [-0.2, 0) is 4.79 Å². The van der Waals surface area contributed by atoms with Gasteiger partial charge in [-0.2, -0.15) is 0 Å². The molecule has 0 aliphatic heterocycles. The van der Waals surface area contributed by atoms with Crippen LogP contribution >= 0.6 is 11.3 Å². The Balaban J connectivity index is 1.95. The first kappa shape index (κ1) is 13.7. The van der Waals surface area contributed by atoms with Crippen LogP contribution in [0.3, 0.4) is 0 Å². The predicted molar refractivity (Wildman–Crippen MR) is 78.2 cm³/mol. The predicted octanol–water partition coefficient (Wildman–Crippen LogP) is 3.43. The van der Waals surface area contributed by atoms with Gasteiger partial charge in [0.05, 0.1) is 0 Å². The van der Waals surface area contributed by atoms with Crippen LogP contribution in [0, 0.1) is 0 Å². The van der Waals surface area contributed by atoms with Gasteiger partial charge in [-0.1, -0.05) is 35.6 Å². The van der Waals surface area contributed by atoms with E-state index in [1.54, 1.807) is 6.08 Å². The molecule has 1 N–H and O–H groups in total. The molecule has 0 radical (unpaired) electrons. The number of nitrogens with zero attached hydrogens (tertiary/aromatic N) is 2. The molecule has 5 heteroatoms. The van der Waals surface area contributed by atoms with Gasteiger partial charge in [-0.25, -0.2) is 0 Å². The van der Waals surface area contributed by atoms with E-state index < -0.39 is 0 Å². The maximum Gasteiger partial charge on any atom is 0.256 e. The maximum atomic E-state index is 11.9. The zero-order valence-corrected chi connectivity index (χ0v) is 12.0. The van der Waals surface area contributed by atoms with Crippen molar-refractivity contribution < 1.29 is 4.79 Å². The summed E-state index contributed by atoms with van der Waals surface area (Å²) in [5.74, 6) is 0.325. The molecule has 0 bridgehead atoms. The van der Waals surface area contributed by atoms with Crippen molar-refractivity contribution in [2.75, 3.05) is 5.32 Å². The smallest absolute Gasteiger partial charge is 0.256 e. The van der Waals surface area contributed by atoms with Crippen molar-refractivity contribution in [3.8, 4) is 0 Å². The molecule has 4 nitrogen and oxygen atoms in total. The number of anilines is 1. The summed E-state index contributed by atoms with van der Waals surface area (Å²) >= 11 is 1.45. The Labute approximate surface area is 116 Å². The third kappa shape index (κ3) is 3.86. The molecule has 1 aromatic heterocycles. The van der Waals surface area contributed by atoms with E-state index in [0.29, 0.717) is 16.6 Å². The Kier molecular flexibility index (Phi) is 4.27. The van der Waals surface area contributed by atoms with Crippen molar-refractivity contribution >= 4 is 22.4 Å². The van der Waals surface area contributed by atoms with Gasteiger partial charge in [0, 0.05) is 11.5 Å². The quantitative estimate of drug-likeness (QED) is 0.661. The van der Waals surface area contributed by atoms with Gasteiger partial charge >= 0.3 is 0 Å². The van der Waals surface area contributed by atoms with Gasteiger partial charge in [-0.15, -0.1) is 10.2 Å². The molecule has 1 amide bonds. The van der Waals surface area contributed by atoms with E-state index in [-0.39, 0.29) is 5.91 Å². The van der Waals surface area contributed by atoms with E-state index in [1.165, 1.54) is 24.2 Å². The lowest BCUT2D eigenvalue weighted by molar-refractivity contribution is -0.112. The summed E-state index contributed by atoms with van der Waals surface area (Å²) in [6.45, 7) is 7.62. The minimum Gasteiger partial charge on any atom is -0.296 e. The largest absolute Gasteiger partial charge is 0.296 e. The first-order valence-corrected chi connectivity index (χ1v) is 7.06. The van der Waals surface area contributed by atoms with Crippen LogP contribution in [0.15, 0.2) is 36.0 Å². The second-order valence-electron chi connectivity index (χ2n) is 4.59. The summed E-state index contributed by atoms with van der Waals surface area (Å²) in [6.07, 6.45) is 7.96. The number of nitrogens with one attached hydrogen (secondary N) is 1. The number of amides is 1. The summed E-state index contributed by atoms with van der Waals surface area (Å²) in [4.78, 5) is 11.9. The fourth-order valence-electron chi connectivity index (χ4n) is 1.61. The monoisotopic (exact) mass is 275 g/mol. The van der Waals surface area contributed by atoms with Gasteiger partial charge < -0.3 is 0 Å². The number of aromatic nitrogens is 2. The van der Waals surface area contributed by atoms with Crippen molar-refractivity contribution in [3.63, 3.8) is 0 Å². The van der Waals surface area contributed by atoms with Crippen LogP contribution in [0.5, 0.6) is 0 Å². The minimum atomic E-state index is -0.234. The van der Waals surface area contributed by atoms with Crippen molar-refractivity contribution in [2.24, 2.45) is 0 Å². The van der Waals surface area contributed by atoms with Gasteiger partial charge in [0.2, 0.25) is 5.13 Å². The Hall–Kier alpha value is -1.75. The van der Waals surface area contributed by atoms with Crippen LogP contribution in [-0.4, -0.2) is 16.1 Å². The molecule has 0 spiro atoms. The van der Waals surface area contributed by atoms with Crippen LogP contribution in [0.4, 0.5) is 5.13 Å². The second-order valence-corrected chi connectivity index (χ2v) is 5.60. The molecule has 1 aliphatic rings. The van der Waals surface area contributed by atoms with Crippen molar-refractivity contribution in [1.82, 2.24) is 10.2 Å². The number of carbonyl (C=O) groups is 1. The third-order valence-corrected chi connectivity index (χ3v) is 3.71. The minimum absolute atomic E-state index is 0.234. The molecule has 1 saturated carbocycles. The highest BCUT2D eigenvalue weighted by Crippen LogP contribution is 2.42. The molecule has 1 aromatic rings. The lowest BCUT2D eigenvalue weighted by Gasteiger charge is -2.00. The number of rotatable bonds is 5. The molecule has 1 heterocycles. The fourth-order valence-corrected chi connectivity index (χ4v) is 2.52. The molecular formula is C14H17N3OS. The number of allylic oxidation sites excluding steroid dienone is 3. The molecule has 0 unspecified atom stereocenters. The number of hydrogen-bond acceptors (Lipinski definition) is 4. The summed E-state index contributed by atoms with van der Waals surface area (Å²) < 4.78 is 0. The van der Waals surface area contributed by atoms with Crippen molar-refractivity contribution in [1.29, 1.82) is 0 Å². The average molecular weight is 275 g/mol. The summed E-state index contributed by atoms with van der Waals surface area (Å²) in [6, 6.07) is 0. The highest BCUT2D eigenvalue weighted by molar-refractivity contribution is 7.15. The molecule has 2 rings (SSSR count). The van der Waals surface area contributed by atoms with Crippen LogP contribution in [0.1, 0.15) is 37.6 Å². The maximum absolute atomic E-state index is 11.9. The lowest BCUT2D eigenvalue weighted by atomic mass is 10.2. The second kappa shape index (κ2) is 5.93. The summed E-state index contributed by atoms with van der Waals surface area (Å²) in [7, 11) is 0. The van der Waals surface area contributed by atoms with E-state index in [9.17, 15) is 4.79 Å². The normalized spacial score (nSPS) is 15.8. The van der Waals surface area contributed by atoms with E-state index >= 15 is 0 Å². The SMILES string of the molecule is C=C(/C=C(C)\C=C/C)C(=O)Nc1nnc(C2CC2)s1. The summed E-state index contributed by atoms with van der Waals surface area (Å²) in [5.41, 5.74) is 1.40. The topological polar surface area (TPSA) is 54.9 Å². The zero-order valence-electron chi connectivity index (χ0n) is 11.1. The third-order valence-electron chi connectivity index (χ3n) is 2.71. The Bertz CT molecular complexity index is 553. The van der Waals surface area contributed by atoms with Gasteiger partial charge in [0.1, 0.15) is 5.01 Å². The van der Waals surface area contributed by atoms with Crippen LogP contribution in [0.2, 0.25) is 0 Å². The standard InChI is InChI=1S/C14H17N3OS/c1-4-5-9(2)8-10(3)12(18)15-14-17-16-13(19-14)11-6-7-11/h4-5,8,11H,3,6-7H2,1-2H3,(H,15,17,18)/b5-4-,9-8-. The molecular weight excluding hydrogens is 258 g/mol. The van der Waals surface area contributed by atoms with E-state index in [2.05, 4.69) is 22.1 Å². The lowest BCUT2D eigenvalue weighted by Crippen LogP contribution is -2.12. The summed E-state index contributed by atoms with van der Waals surface area (Å²) in [5, 5.41) is 12.3. The number of hydrogen-bond donors (Lipinski definition) is 1. The number of carbonyl (C=O) groups excluding carboxylic acids is 1. The van der Waals surface area contributed by atoms with E-state index in [4.69, 9.17) is 0 Å². The zero-order chi connectivity index (χ0) is 13.8. The van der Waals surface area contributed by atoms with Gasteiger partial charge in [0.25, 0.3) is 5.91 Å². The van der Waals surface area contributed by atoms with E-state index in [1.807, 2.05) is 26.0 Å². The van der Waals surface area contributed by atoms with Crippen molar-refractivity contribution in [2.45, 2.75) is 32.6 Å². The van der Waals surface area contributed by atoms with Crippen LogP contribution in [0.25, 0.3) is 0 Å². The molecule has 0 atom stereocenters. The molecule has 0 aromatic carbocycles. The molecule has 100 valence electrons.